The lowest BCUT2D eigenvalue weighted by Gasteiger charge is -2.39. The molecule has 0 atom stereocenters. The van der Waals surface area contributed by atoms with E-state index in [1.54, 1.807) is 21.3 Å². The summed E-state index contributed by atoms with van der Waals surface area (Å²) < 4.78 is 17.4. The van der Waals surface area contributed by atoms with Gasteiger partial charge in [-0.05, 0) is 111 Å². The molecule has 0 saturated heterocycles. The van der Waals surface area contributed by atoms with E-state index in [0.717, 1.165) is 51.7 Å². The number of nitrogens with zero attached hydrogens (tertiary/aromatic N) is 3. The fraction of sp³-hybridized carbons (Fsp3) is 1.00. The summed E-state index contributed by atoms with van der Waals surface area (Å²) in [6, 6.07) is 0.878. The van der Waals surface area contributed by atoms with E-state index in [9.17, 15) is 0 Å². The molecule has 0 rings (SSSR count). The van der Waals surface area contributed by atoms with E-state index in [2.05, 4.69) is 56.6 Å². The van der Waals surface area contributed by atoms with Crippen molar-refractivity contribution in [2.45, 2.75) is 71.8 Å². The normalized spacial score (nSPS) is 13.2. The fourth-order valence-corrected chi connectivity index (χ4v) is 6.44. The zero-order valence-corrected chi connectivity index (χ0v) is 23.5. The van der Waals surface area contributed by atoms with Gasteiger partial charge < -0.3 is 28.0 Å². The van der Waals surface area contributed by atoms with E-state index < -0.39 is 8.80 Å². The van der Waals surface area contributed by atoms with Gasteiger partial charge in [0.2, 0.25) is 0 Å². The fourth-order valence-electron chi connectivity index (χ4n) is 4.49. The van der Waals surface area contributed by atoms with Gasteiger partial charge in [-0.15, -0.1) is 0 Å². The molecule has 0 N–H and O–H groups in total. The van der Waals surface area contributed by atoms with Crippen LogP contribution in [0.25, 0.3) is 0 Å². The van der Waals surface area contributed by atoms with Crippen LogP contribution >= 0.6 is 0 Å². The van der Waals surface area contributed by atoms with Crippen molar-refractivity contribution < 1.29 is 13.3 Å². The van der Waals surface area contributed by atoms with Crippen LogP contribution in [0.3, 0.4) is 0 Å². The summed E-state index contributed by atoms with van der Waals surface area (Å²) in [6.07, 6.45) is 8.34. The lowest BCUT2D eigenvalue weighted by atomic mass is 9.75. The Labute approximate surface area is 196 Å². The second kappa shape index (κ2) is 17.5. The number of hydrogen-bond acceptors (Lipinski definition) is 6. The summed E-state index contributed by atoms with van der Waals surface area (Å²) in [7, 11) is 9.42. The van der Waals surface area contributed by atoms with Crippen LogP contribution in [0.5, 0.6) is 0 Å². The third kappa shape index (κ3) is 12.7. The Bertz CT molecular complexity index is 376. The SMILES string of the molecule is CCCN(C)CCC(CCN(C)CCC)(CCN(C)CCC)CC[Si](OC)(OC)OC. The Morgan fingerprint density at radius 3 is 1.13 bits per heavy atom. The van der Waals surface area contributed by atoms with Crippen LogP contribution in [0.4, 0.5) is 0 Å². The second-order valence-corrected chi connectivity index (χ2v) is 12.5. The van der Waals surface area contributed by atoms with Gasteiger partial charge in [-0.3, -0.25) is 0 Å². The van der Waals surface area contributed by atoms with Gasteiger partial charge in [0.1, 0.15) is 0 Å². The Morgan fingerprint density at radius 2 is 0.871 bits per heavy atom. The van der Waals surface area contributed by atoms with E-state index in [-0.39, 0.29) is 5.41 Å². The first-order chi connectivity index (χ1) is 14.8. The summed E-state index contributed by atoms with van der Waals surface area (Å²) in [5, 5.41) is 0. The minimum Gasteiger partial charge on any atom is -0.377 e. The van der Waals surface area contributed by atoms with Gasteiger partial charge in [-0.1, -0.05) is 20.8 Å². The molecule has 188 valence electrons. The molecule has 0 aromatic rings. The van der Waals surface area contributed by atoms with Crippen LogP contribution in [0, 0.1) is 5.41 Å². The molecule has 0 amide bonds. The van der Waals surface area contributed by atoms with Crippen molar-refractivity contribution in [1.29, 1.82) is 0 Å². The highest BCUT2D eigenvalue weighted by Gasteiger charge is 2.41. The Morgan fingerprint density at radius 1 is 0.548 bits per heavy atom. The molecule has 7 heteroatoms. The van der Waals surface area contributed by atoms with Gasteiger partial charge in [0.15, 0.2) is 0 Å². The average molecular weight is 462 g/mol. The van der Waals surface area contributed by atoms with Gasteiger partial charge in [-0.25, -0.2) is 0 Å². The van der Waals surface area contributed by atoms with Gasteiger partial charge >= 0.3 is 8.80 Å². The van der Waals surface area contributed by atoms with E-state index in [1.807, 2.05) is 0 Å². The quantitative estimate of drug-likeness (QED) is 0.235. The summed E-state index contributed by atoms with van der Waals surface area (Å²) in [5.41, 5.74) is 0.264. The minimum absolute atomic E-state index is 0.264. The van der Waals surface area contributed by atoms with Crippen LogP contribution < -0.4 is 0 Å². The van der Waals surface area contributed by atoms with Gasteiger partial charge in [0.05, 0.1) is 0 Å². The largest absolute Gasteiger partial charge is 0.500 e. The highest BCUT2D eigenvalue weighted by Crippen LogP contribution is 2.39. The van der Waals surface area contributed by atoms with E-state index in [4.69, 9.17) is 13.3 Å². The topological polar surface area (TPSA) is 37.4 Å². The summed E-state index contributed by atoms with van der Waals surface area (Å²) >= 11 is 0. The predicted octanol–water partition coefficient (Wildman–Crippen LogP) is 4.44. The first kappa shape index (κ1) is 31.0. The summed E-state index contributed by atoms with van der Waals surface area (Å²) in [6.45, 7) is 13.7. The van der Waals surface area contributed by atoms with Crippen LogP contribution in [0.2, 0.25) is 6.04 Å². The van der Waals surface area contributed by atoms with Gasteiger partial charge in [0.25, 0.3) is 0 Å². The summed E-state index contributed by atoms with van der Waals surface area (Å²) in [5.74, 6) is 0. The zero-order valence-electron chi connectivity index (χ0n) is 22.5. The molecule has 6 nitrogen and oxygen atoms in total. The van der Waals surface area contributed by atoms with Crippen molar-refractivity contribution in [1.82, 2.24) is 14.7 Å². The lowest BCUT2D eigenvalue weighted by molar-refractivity contribution is 0.0996. The van der Waals surface area contributed by atoms with Crippen molar-refractivity contribution in [3.05, 3.63) is 0 Å². The van der Waals surface area contributed by atoms with Crippen molar-refractivity contribution in [2.24, 2.45) is 5.41 Å². The molecule has 0 unspecified atom stereocenters. The van der Waals surface area contributed by atoms with Gasteiger partial charge in [-0.2, -0.15) is 0 Å². The molecule has 0 aromatic heterocycles. The number of hydrogen-bond donors (Lipinski definition) is 0. The van der Waals surface area contributed by atoms with E-state index in [1.165, 1.54) is 38.5 Å². The Hall–Kier alpha value is -0.0231. The molecule has 0 aliphatic heterocycles. The minimum atomic E-state index is -2.58. The van der Waals surface area contributed by atoms with Crippen LogP contribution in [-0.4, -0.2) is 105 Å². The monoisotopic (exact) mass is 461 g/mol. The molecule has 0 aromatic carbocycles. The first-order valence-electron chi connectivity index (χ1n) is 12.5. The standard InChI is InChI=1S/C24H55N3O3Si/c1-10-17-25(4)20-13-24(14-21-26(5)18-11-2,15-22-27(6)19-12-3)16-23-31(28-7,29-8)30-9/h10-23H2,1-9H3. The smallest absolute Gasteiger partial charge is 0.377 e. The van der Waals surface area contributed by atoms with Crippen molar-refractivity contribution >= 4 is 8.80 Å². The maximum atomic E-state index is 5.79. The Kier molecular flexibility index (Phi) is 17.4. The summed E-state index contributed by atoms with van der Waals surface area (Å²) in [4.78, 5) is 7.48. The van der Waals surface area contributed by atoms with E-state index in [0.29, 0.717) is 0 Å². The van der Waals surface area contributed by atoms with Crippen LogP contribution in [-0.2, 0) is 13.3 Å². The molecular formula is C24H55N3O3Si. The third-order valence-electron chi connectivity index (χ3n) is 6.78. The molecular weight excluding hydrogens is 406 g/mol. The molecule has 0 spiro atoms. The van der Waals surface area contributed by atoms with E-state index >= 15 is 0 Å². The Balaban J connectivity index is 5.58. The molecule has 0 radical (unpaired) electrons. The first-order valence-corrected chi connectivity index (χ1v) is 14.4. The lowest BCUT2D eigenvalue weighted by Crippen LogP contribution is -2.45. The predicted molar refractivity (Wildman–Crippen MR) is 136 cm³/mol. The van der Waals surface area contributed by atoms with Crippen molar-refractivity contribution in [3.8, 4) is 0 Å². The second-order valence-electron chi connectivity index (χ2n) is 9.46. The zero-order chi connectivity index (χ0) is 23.8. The maximum Gasteiger partial charge on any atom is 0.500 e. The molecule has 31 heavy (non-hydrogen) atoms. The van der Waals surface area contributed by atoms with Crippen molar-refractivity contribution in [2.75, 3.05) is 81.7 Å². The molecule has 0 heterocycles. The average Bonchev–Trinajstić information content (AvgIpc) is 2.76. The molecule has 0 bridgehead atoms. The highest BCUT2D eigenvalue weighted by molar-refractivity contribution is 6.60. The number of rotatable bonds is 21. The van der Waals surface area contributed by atoms with Gasteiger partial charge in [0, 0.05) is 27.4 Å². The molecule has 0 saturated carbocycles. The molecule has 0 fully saturated rings. The van der Waals surface area contributed by atoms with Crippen LogP contribution in [0.1, 0.15) is 65.7 Å². The molecule has 0 aliphatic carbocycles. The molecule has 0 aliphatic rings. The third-order valence-corrected chi connectivity index (χ3v) is 9.51. The highest BCUT2D eigenvalue weighted by atomic mass is 28.4. The van der Waals surface area contributed by atoms with Crippen molar-refractivity contribution in [3.63, 3.8) is 0 Å². The van der Waals surface area contributed by atoms with Crippen LogP contribution in [0.15, 0.2) is 0 Å². The maximum absolute atomic E-state index is 5.79.